The van der Waals surface area contributed by atoms with Crippen molar-refractivity contribution in [1.82, 2.24) is 0 Å². The van der Waals surface area contributed by atoms with Gasteiger partial charge in [0.2, 0.25) is 0 Å². The van der Waals surface area contributed by atoms with Crippen LogP contribution in [0.2, 0.25) is 13.1 Å². The molecule has 0 unspecified atom stereocenters. The van der Waals surface area contributed by atoms with Crippen molar-refractivity contribution in [2.75, 3.05) is 13.3 Å². The molecule has 0 saturated heterocycles. The summed E-state index contributed by atoms with van der Waals surface area (Å²) >= 11 is 0. The second kappa shape index (κ2) is 4.17. The summed E-state index contributed by atoms with van der Waals surface area (Å²) in [5.74, 6) is 0. The fraction of sp³-hybridized carbons (Fsp3) is 0.667. The van der Waals surface area contributed by atoms with Gasteiger partial charge in [0.05, 0.1) is 13.3 Å². The average molecular weight is 210 g/mol. The Hall–Kier alpha value is -0.173. The number of hydrogen-bond donors (Lipinski definition) is 0. The van der Waals surface area contributed by atoms with Crippen molar-refractivity contribution >= 4 is 18.5 Å². The minimum absolute atomic E-state index is 0.173. The zero-order chi connectivity index (χ0) is 9.83. The maximum atomic E-state index is 10.7. The summed E-state index contributed by atoms with van der Waals surface area (Å²) in [5.41, 5.74) is 1.76. The van der Waals surface area contributed by atoms with Crippen LogP contribution in [0.25, 0.3) is 0 Å². The van der Waals surface area contributed by atoms with Crippen LogP contribution in [0.5, 0.6) is 0 Å². The molecule has 0 rings (SSSR count). The molecule has 0 radical (unpaired) electrons. The van der Waals surface area contributed by atoms with Gasteiger partial charge >= 0.3 is 10.4 Å². The Morgan fingerprint density at radius 3 is 2.33 bits per heavy atom. The van der Waals surface area contributed by atoms with Gasteiger partial charge < -0.3 is 0 Å². The van der Waals surface area contributed by atoms with E-state index >= 15 is 0 Å². The minimum atomic E-state index is -3.78. The van der Waals surface area contributed by atoms with Gasteiger partial charge in [-0.25, -0.2) is 0 Å². The van der Waals surface area contributed by atoms with Crippen LogP contribution in [-0.2, 0) is 18.8 Å². The largest absolute Gasteiger partial charge is 0.399 e. The van der Waals surface area contributed by atoms with Gasteiger partial charge in [-0.15, -0.1) is 6.58 Å². The van der Waals surface area contributed by atoms with Crippen LogP contribution < -0.4 is 0 Å². The predicted octanol–water partition coefficient (Wildman–Crippen LogP) is 0.867. The molecule has 0 aromatic heterocycles. The standard InChI is InChI=1S/C6H14O4SSi/c1-5-12(3,4)6-10-11(7,8)9-2/h5H,1,6H2,2-4H3. The molecule has 0 amide bonds. The highest BCUT2D eigenvalue weighted by atomic mass is 32.3. The highest BCUT2D eigenvalue weighted by Crippen LogP contribution is 2.05. The van der Waals surface area contributed by atoms with Crippen molar-refractivity contribution in [1.29, 1.82) is 0 Å². The molecule has 0 N–H and O–H groups in total. The summed E-state index contributed by atoms with van der Waals surface area (Å²) in [6.07, 6.45) is 0.173. The van der Waals surface area contributed by atoms with E-state index in [9.17, 15) is 8.42 Å². The highest BCUT2D eigenvalue weighted by molar-refractivity contribution is 7.81. The molecule has 6 heteroatoms. The Balaban J connectivity index is 4.09. The molecule has 0 aliphatic carbocycles. The summed E-state index contributed by atoms with van der Waals surface area (Å²) in [5, 5.41) is 0. The second-order valence-corrected chi connectivity index (χ2v) is 9.09. The van der Waals surface area contributed by atoms with Crippen LogP contribution >= 0.6 is 0 Å². The van der Waals surface area contributed by atoms with Gasteiger partial charge in [0.1, 0.15) is 8.07 Å². The summed E-state index contributed by atoms with van der Waals surface area (Å²) < 4.78 is 30.1. The fourth-order valence-electron chi connectivity index (χ4n) is 0.331. The molecule has 0 fully saturated rings. The SMILES string of the molecule is C=C[Si](C)(C)COS(=O)(=O)OC. The van der Waals surface area contributed by atoms with E-state index in [0.29, 0.717) is 0 Å². The molecule has 0 bridgehead atoms. The van der Waals surface area contributed by atoms with Crippen LogP contribution in [0.4, 0.5) is 0 Å². The Morgan fingerprint density at radius 2 is 2.00 bits per heavy atom. The van der Waals surface area contributed by atoms with Gasteiger partial charge in [-0.3, -0.25) is 8.37 Å². The van der Waals surface area contributed by atoms with Crippen LogP contribution in [0.1, 0.15) is 0 Å². The first-order valence-corrected chi connectivity index (χ1v) is 8.03. The van der Waals surface area contributed by atoms with Crippen molar-refractivity contribution in [3.63, 3.8) is 0 Å². The lowest BCUT2D eigenvalue weighted by atomic mass is 11.3. The summed E-state index contributed by atoms with van der Waals surface area (Å²) in [7, 11) is -4.43. The summed E-state index contributed by atoms with van der Waals surface area (Å²) in [6, 6.07) is 0. The lowest BCUT2D eigenvalue weighted by Crippen LogP contribution is -2.31. The molecular weight excluding hydrogens is 196 g/mol. The van der Waals surface area contributed by atoms with Crippen LogP contribution in [0.15, 0.2) is 12.3 Å². The molecule has 4 nitrogen and oxygen atoms in total. The zero-order valence-corrected chi connectivity index (χ0v) is 9.35. The first-order valence-electron chi connectivity index (χ1n) is 3.41. The van der Waals surface area contributed by atoms with Crippen molar-refractivity contribution in [3.05, 3.63) is 12.3 Å². The van der Waals surface area contributed by atoms with E-state index < -0.39 is 18.5 Å². The van der Waals surface area contributed by atoms with Crippen LogP contribution in [-0.4, -0.2) is 29.8 Å². The predicted molar refractivity (Wildman–Crippen MR) is 49.6 cm³/mol. The van der Waals surface area contributed by atoms with Gasteiger partial charge in [0.25, 0.3) is 0 Å². The molecule has 0 aliphatic rings. The molecule has 0 heterocycles. The third-order valence-electron chi connectivity index (χ3n) is 1.33. The van der Waals surface area contributed by atoms with Gasteiger partial charge in [0.15, 0.2) is 0 Å². The van der Waals surface area contributed by atoms with Crippen molar-refractivity contribution in [2.45, 2.75) is 13.1 Å². The molecule has 0 saturated carbocycles. The minimum Gasteiger partial charge on any atom is -0.252 e. The van der Waals surface area contributed by atoms with Crippen molar-refractivity contribution < 1.29 is 16.8 Å². The van der Waals surface area contributed by atoms with E-state index in [-0.39, 0.29) is 6.23 Å². The van der Waals surface area contributed by atoms with E-state index in [1.54, 1.807) is 5.70 Å². The van der Waals surface area contributed by atoms with Crippen LogP contribution in [0.3, 0.4) is 0 Å². The molecule has 0 atom stereocenters. The van der Waals surface area contributed by atoms with E-state index in [4.69, 9.17) is 0 Å². The van der Waals surface area contributed by atoms with Gasteiger partial charge in [-0.2, -0.15) is 8.42 Å². The Kier molecular flexibility index (Phi) is 4.11. The topological polar surface area (TPSA) is 52.6 Å². The molecule has 0 aromatic rings. The normalized spacial score (nSPS) is 12.9. The van der Waals surface area contributed by atoms with Crippen molar-refractivity contribution in [3.8, 4) is 0 Å². The summed E-state index contributed by atoms with van der Waals surface area (Å²) in [4.78, 5) is 0. The first kappa shape index (κ1) is 11.8. The maximum Gasteiger partial charge on any atom is 0.399 e. The molecule has 0 spiro atoms. The van der Waals surface area contributed by atoms with Crippen molar-refractivity contribution in [2.24, 2.45) is 0 Å². The number of hydrogen-bond acceptors (Lipinski definition) is 4. The molecular formula is C6H14O4SSi. The Bertz CT molecular complexity index is 244. The zero-order valence-electron chi connectivity index (χ0n) is 7.53. The second-order valence-electron chi connectivity index (χ2n) is 3.03. The van der Waals surface area contributed by atoms with Crippen LogP contribution in [0, 0.1) is 0 Å². The van der Waals surface area contributed by atoms with E-state index in [1.165, 1.54) is 0 Å². The molecule has 72 valence electrons. The fourth-order valence-corrected chi connectivity index (χ4v) is 2.34. The van der Waals surface area contributed by atoms with Gasteiger partial charge in [0, 0.05) is 0 Å². The highest BCUT2D eigenvalue weighted by Gasteiger charge is 2.20. The summed E-state index contributed by atoms with van der Waals surface area (Å²) in [6.45, 7) is 7.50. The lowest BCUT2D eigenvalue weighted by Gasteiger charge is -2.15. The first-order chi connectivity index (χ1) is 5.33. The average Bonchev–Trinajstić information content (AvgIpc) is 2.02. The molecule has 0 aliphatic heterocycles. The maximum absolute atomic E-state index is 10.7. The van der Waals surface area contributed by atoms with Gasteiger partial charge in [-0.1, -0.05) is 18.8 Å². The number of rotatable bonds is 5. The Labute approximate surface area is 74.5 Å². The van der Waals surface area contributed by atoms with Gasteiger partial charge in [-0.05, 0) is 0 Å². The van der Waals surface area contributed by atoms with E-state index in [1.807, 2.05) is 13.1 Å². The Morgan fingerprint density at radius 1 is 1.50 bits per heavy atom. The van der Waals surface area contributed by atoms with E-state index in [0.717, 1.165) is 7.11 Å². The third kappa shape index (κ3) is 4.65. The smallest absolute Gasteiger partial charge is 0.252 e. The molecule has 12 heavy (non-hydrogen) atoms. The third-order valence-corrected chi connectivity index (χ3v) is 4.35. The molecule has 0 aromatic carbocycles. The monoisotopic (exact) mass is 210 g/mol. The quantitative estimate of drug-likeness (QED) is 0.632. The lowest BCUT2D eigenvalue weighted by molar-refractivity contribution is 0.272. The van der Waals surface area contributed by atoms with E-state index in [2.05, 4.69) is 14.9 Å².